The van der Waals surface area contributed by atoms with Crippen molar-refractivity contribution >= 4 is 15.9 Å². The standard InChI is InChI=1S/C12H18N2O4S/c1-9(8-15)14-19(17,18)12-5-3-11(4-6-12)7-13-10(2)16/h3-6,9,14-15H,7-8H2,1-2H3,(H,13,16). The quantitative estimate of drug-likeness (QED) is 0.685. The molecule has 1 unspecified atom stereocenters. The molecule has 0 saturated heterocycles. The highest BCUT2D eigenvalue weighted by Gasteiger charge is 2.16. The number of amides is 1. The van der Waals surface area contributed by atoms with Crippen LogP contribution in [0.3, 0.4) is 0 Å². The summed E-state index contributed by atoms with van der Waals surface area (Å²) in [4.78, 5) is 10.9. The Kier molecular flexibility index (Phi) is 5.46. The minimum absolute atomic E-state index is 0.124. The molecule has 1 atom stereocenters. The van der Waals surface area contributed by atoms with Crippen molar-refractivity contribution < 1.29 is 18.3 Å². The lowest BCUT2D eigenvalue weighted by Gasteiger charge is -2.12. The van der Waals surface area contributed by atoms with E-state index in [2.05, 4.69) is 10.0 Å². The maximum absolute atomic E-state index is 11.9. The Labute approximate surface area is 112 Å². The first kappa shape index (κ1) is 15.6. The monoisotopic (exact) mass is 286 g/mol. The predicted octanol–water partition coefficient (Wildman–Crippen LogP) is -0.0182. The van der Waals surface area contributed by atoms with Crippen LogP contribution in [0.5, 0.6) is 0 Å². The van der Waals surface area contributed by atoms with E-state index >= 15 is 0 Å². The predicted molar refractivity (Wildman–Crippen MR) is 70.8 cm³/mol. The lowest BCUT2D eigenvalue weighted by atomic mass is 10.2. The fourth-order valence-corrected chi connectivity index (χ4v) is 2.62. The van der Waals surface area contributed by atoms with E-state index in [4.69, 9.17) is 5.11 Å². The number of carbonyl (C=O) groups is 1. The van der Waals surface area contributed by atoms with Crippen LogP contribution >= 0.6 is 0 Å². The summed E-state index contributed by atoms with van der Waals surface area (Å²) in [7, 11) is -3.62. The molecule has 7 heteroatoms. The smallest absolute Gasteiger partial charge is 0.240 e. The fourth-order valence-electron chi connectivity index (χ4n) is 1.38. The first-order valence-corrected chi connectivity index (χ1v) is 7.30. The van der Waals surface area contributed by atoms with Crippen LogP contribution < -0.4 is 10.0 Å². The van der Waals surface area contributed by atoms with E-state index in [1.54, 1.807) is 19.1 Å². The molecule has 19 heavy (non-hydrogen) atoms. The van der Waals surface area contributed by atoms with Gasteiger partial charge in [0.2, 0.25) is 15.9 Å². The van der Waals surface area contributed by atoms with Crippen LogP contribution in [-0.4, -0.2) is 32.1 Å². The van der Waals surface area contributed by atoms with Crippen molar-refractivity contribution in [1.29, 1.82) is 0 Å². The van der Waals surface area contributed by atoms with Crippen molar-refractivity contribution in [3.8, 4) is 0 Å². The zero-order valence-electron chi connectivity index (χ0n) is 10.9. The van der Waals surface area contributed by atoms with Gasteiger partial charge < -0.3 is 10.4 Å². The van der Waals surface area contributed by atoms with E-state index in [9.17, 15) is 13.2 Å². The summed E-state index contributed by atoms with van der Waals surface area (Å²) >= 11 is 0. The van der Waals surface area contributed by atoms with Gasteiger partial charge in [0, 0.05) is 19.5 Å². The number of aliphatic hydroxyl groups is 1. The van der Waals surface area contributed by atoms with Crippen LogP contribution in [0.2, 0.25) is 0 Å². The molecule has 0 aliphatic carbocycles. The molecule has 6 nitrogen and oxygen atoms in total. The van der Waals surface area contributed by atoms with Gasteiger partial charge in [-0.2, -0.15) is 0 Å². The molecule has 0 heterocycles. The Morgan fingerprint density at radius 1 is 1.32 bits per heavy atom. The van der Waals surface area contributed by atoms with Gasteiger partial charge in [0.1, 0.15) is 0 Å². The Bertz CT molecular complexity index is 525. The second-order valence-corrected chi connectivity index (χ2v) is 5.97. The van der Waals surface area contributed by atoms with Crippen molar-refractivity contribution in [3.63, 3.8) is 0 Å². The largest absolute Gasteiger partial charge is 0.395 e. The Balaban J connectivity index is 2.77. The van der Waals surface area contributed by atoms with Crippen LogP contribution in [0, 0.1) is 0 Å². The highest BCUT2D eigenvalue weighted by Crippen LogP contribution is 2.11. The average molecular weight is 286 g/mol. The normalized spacial score (nSPS) is 13.0. The lowest BCUT2D eigenvalue weighted by Crippen LogP contribution is -2.35. The first-order valence-electron chi connectivity index (χ1n) is 5.81. The molecule has 0 aliphatic rings. The summed E-state index contributed by atoms with van der Waals surface area (Å²) in [6, 6.07) is 5.65. The van der Waals surface area contributed by atoms with E-state index in [0.717, 1.165) is 5.56 Å². The highest BCUT2D eigenvalue weighted by molar-refractivity contribution is 7.89. The fraction of sp³-hybridized carbons (Fsp3) is 0.417. The molecule has 0 spiro atoms. The minimum atomic E-state index is -3.62. The zero-order chi connectivity index (χ0) is 14.5. The van der Waals surface area contributed by atoms with E-state index in [1.165, 1.54) is 19.1 Å². The van der Waals surface area contributed by atoms with Crippen molar-refractivity contribution in [2.45, 2.75) is 31.3 Å². The topological polar surface area (TPSA) is 95.5 Å². The average Bonchev–Trinajstić information content (AvgIpc) is 2.36. The van der Waals surface area contributed by atoms with Crippen molar-refractivity contribution in [1.82, 2.24) is 10.0 Å². The van der Waals surface area contributed by atoms with E-state index in [-0.39, 0.29) is 17.4 Å². The maximum atomic E-state index is 11.9. The number of carbonyl (C=O) groups excluding carboxylic acids is 1. The summed E-state index contributed by atoms with van der Waals surface area (Å²) in [5, 5.41) is 11.5. The van der Waals surface area contributed by atoms with Gasteiger partial charge in [0.25, 0.3) is 0 Å². The van der Waals surface area contributed by atoms with Gasteiger partial charge in [-0.1, -0.05) is 12.1 Å². The van der Waals surface area contributed by atoms with Gasteiger partial charge in [-0.15, -0.1) is 0 Å². The highest BCUT2D eigenvalue weighted by atomic mass is 32.2. The number of hydrogen-bond acceptors (Lipinski definition) is 4. The second-order valence-electron chi connectivity index (χ2n) is 4.26. The molecule has 0 aliphatic heterocycles. The third-order valence-corrected chi connectivity index (χ3v) is 4.01. The summed E-state index contributed by atoms with van der Waals surface area (Å²) in [6.07, 6.45) is 0. The number of sulfonamides is 1. The zero-order valence-corrected chi connectivity index (χ0v) is 11.7. The number of aliphatic hydroxyl groups excluding tert-OH is 1. The van der Waals surface area contributed by atoms with Gasteiger partial charge in [0.15, 0.2) is 0 Å². The number of benzene rings is 1. The van der Waals surface area contributed by atoms with Crippen LogP contribution in [0.15, 0.2) is 29.2 Å². The molecular formula is C12H18N2O4S. The van der Waals surface area contributed by atoms with Gasteiger partial charge >= 0.3 is 0 Å². The third kappa shape index (κ3) is 4.98. The lowest BCUT2D eigenvalue weighted by molar-refractivity contribution is -0.119. The molecular weight excluding hydrogens is 268 g/mol. The molecule has 0 bridgehead atoms. The molecule has 1 rings (SSSR count). The molecule has 0 saturated carbocycles. The number of rotatable bonds is 6. The van der Waals surface area contributed by atoms with Crippen LogP contribution in [-0.2, 0) is 21.4 Å². The molecule has 1 aromatic carbocycles. The Morgan fingerprint density at radius 3 is 2.37 bits per heavy atom. The van der Waals surface area contributed by atoms with Crippen LogP contribution in [0.4, 0.5) is 0 Å². The number of hydrogen-bond donors (Lipinski definition) is 3. The third-order valence-electron chi connectivity index (χ3n) is 2.41. The van der Waals surface area contributed by atoms with Gasteiger partial charge in [-0.05, 0) is 24.6 Å². The maximum Gasteiger partial charge on any atom is 0.240 e. The molecule has 106 valence electrons. The van der Waals surface area contributed by atoms with Crippen molar-refractivity contribution in [2.75, 3.05) is 6.61 Å². The van der Waals surface area contributed by atoms with Crippen molar-refractivity contribution in [3.05, 3.63) is 29.8 Å². The van der Waals surface area contributed by atoms with E-state index in [0.29, 0.717) is 6.54 Å². The first-order chi connectivity index (χ1) is 8.85. The van der Waals surface area contributed by atoms with E-state index in [1.807, 2.05) is 0 Å². The Morgan fingerprint density at radius 2 is 1.89 bits per heavy atom. The van der Waals surface area contributed by atoms with Gasteiger partial charge in [-0.25, -0.2) is 13.1 Å². The molecule has 1 amide bonds. The molecule has 0 fully saturated rings. The summed E-state index contributed by atoms with van der Waals surface area (Å²) in [5.41, 5.74) is 0.810. The summed E-state index contributed by atoms with van der Waals surface area (Å²) in [5.74, 6) is -0.143. The molecule has 0 radical (unpaired) electrons. The second kappa shape index (κ2) is 6.65. The number of nitrogens with one attached hydrogen (secondary N) is 2. The SMILES string of the molecule is CC(=O)NCc1ccc(S(=O)(=O)NC(C)CO)cc1. The van der Waals surface area contributed by atoms with Gasteiger partial charge in [0.05, 0.1) is 11.5 Å². The van der Waals surface area contributed by atoms with Gasteiger partial charge in [-0.3, -0.25) is 4.79 Å². The molecule has 0 aromatic heterocycles. The van der Waals surface area contributed by atoms with Crippen LogP contribution in [0.25, 0.3) is 0 Å². The minimum Gasteiger partial charge on any atom is -0.395 e. The summed E-state index contributed by atoms with van der Waals surface area (Å²) < 4.78 is 26.1. The summed E-state index contributed by atoms with van der Waals surface area (Å²) in [6.45, 7) is 3.08. The Hall–Kier alpha value is -1.44. The van der Waals surface area contributed by atoms with E-state index < -0.39 is 16.1 Å². The van der Waals surface area contributed by atoms with Crippen LogP contribution in [0.1, 0.15) is 19.4 Å². The molecule has 3 N–H and O–H groups in total. The van der Waals surface area contributed by atoms with Crippen molar-refractivity contribution in [2.24, 2.45) is 0 Å². The molecule has 1 aromatic rings.